The highest BCUT2D eigenvalue weighted by atomic mass is 32.2. The summed E-state index contributed by atoms with van der Waals surface area (Å²) in [5.74, 6) is -0.894. The molecule has 1 amide bonds. The zero-order valence-corrected chi connectivity index (χ0v) is 18.0. The number of aryl methyl sites for hydroxylation is 2. The molecule has 30 heavy (non-hydrogen) atoms. The van der Waals surface area contributed by atoms with Crippen LogP contribution in [-0.2, 0) is 10.0 Å². The van der Waals surface area contributed by atoms with Gasteiger partial charge in [-0.15, -0.1) is 16.4 Å². The second kappa shape index (κ2) is 7.56. The van der Waals surface area contributed by atoms with Crippen molar-refractivity contribution in [1.82, 2.24) is 19.8 Å². The number of thiophene rings is 1. The second-order valence-corrected chi connectivity index (χ2v) is 9.96. The Balaban J connectivity index is 1.52. The first-order valence-electron chi connectivity index (χ1n) is 9.26. The predicted molar refractivity (Wildman–Crippen MR) is 112 cm³/mol. The minimum absolute atomic E-state index is 0.148. The van der Waals surface area contributed by atoms with Crippen LogP contribution in [0.1, 0.15) is 27.3 Å². The molecule has 1 unspecified atom stereocenters. The minimum Gasteiger partial charge on any atom is -0.397 e. The lowest BCUT2D eigenvalue weighted by Crippen LogP contribution is -2.38. The van der Waals surface area contributed by atoms with Crippen molar-refractivity contribution < 1.29 is 17.6 Å². The molecular formula is C19H20FN5O3S2. The molecule has 3 aromatic rings. The Morgan fingerprint density at radius 3 is 2.83 bits per heavy atom. The van der Waals surface area contributed by atoms with Crippen LogP contribution in [0.4, 0.5) is 10.1 Å². The number of amides is 1. The first kappa shape index (κ1) is 20.6. The van der Waals surface area contributed by atoms with Gasteiger partial charge in [-0.1, -0.05) is 6.07 Å². The van der Waals surface area contributed by atoms with E-state index < -0.39 is 21.9 Å². The number of benzene rings is 1. The highest BCUT2D eigenvalue weighted by molar-refractivity contribution is 7.89. The molecule has 0 radical (unpaired) electrons. The van der Waals surface area contributed by atoms with Gasteiger partial charge in [-0.25, -0.2) is 17.5 Å². The van der Waals surface area contributed by atoms with E-state index in [-0.39, 0.29) is 17.3 Å². The molecule has 1 aromatic carbocycles. The van der Waals surface area contributed by atoms with Crippen LogP contribution in [0.2, 0.25) is 0 Å². The topological polar surface area (TPSA) is 118 Å². The molecule has 0 spiro atoms. The van der Waals surface area contributed by atoms with Gasteiger partial charge in [0.05, 0.1) is 16.3 Å². The standard InChI is InChI=1S/C19H20FN5O3S2/c1-10-11(2)22-23-18-15(10)16(21)17(29-18)19(26)25-7-6-13(9-25)24-30(27,28)14-5-3-4-12(20)8-14/h3-5,8,13,24H,6-7,9,21H2,1-2H3. The Morgan fingerprint density at radius 1 is 1.33 bits per heavy atom. The fourth-order valence-electron chi connectivity index (χ4n) is 3.51. The van der Waals surface area contributed by atoms with E-state index in [9.17, 15) is 17.6 Å². The zero-order valence-electron chi connectivity index (χ0n) is 16.3. The average molecular weight is 450 g/mol. The van der Waals surface area contributed by atoms with Crippen molar-refractivity contribution >= 4 is 43.2 Å². The molecule has 1 fully saturated rings. The van der Waals surface area contributed by atoms with Crippen LogP contribution in [0, 0.1) is 19.7 Å². The summed E-state index contributed by atoms with van der Waals surface area (Å²) in [7, 11) is -3.89. The number of hydrogen-bond acceptors (Lipinski definition) is 7. The fourth-order valence-corrected chi connectivity index (χ4v) is 5.87. The number of carbonyl (C=O) groups is 1. The first-order valence-corrected chi connectivity index (χ1v) is 11.6. The van der Waals surface area contributed by atoms with Crippen LogP contribution in [0.3, 0.4) is 0 Å². The van der Waals surface area contributed by atoms with Crippen molar-refractivity contribution in [3.8, 4) is 0 Å². The maximum absolute atomic E-state index is 13.4. The summed E-state index contributed by atoms with van der Waals surface area (Å²) >= 11 is 1.18. The molecule has 1 aliphatic rings. The number of hydrogen-bond donors (Lipinski definition) is 2. The minimum atomic E-state index is -3.89. The number of fused-ring (bicyclic) bond motifs is 1. The van der Waals surface area contributed by atoms with Gasteiger partial charge >= 0.3 is 0 Å². The van der Waals surface area contributed by atoms with Crippen molar-refractivity contribution in [2.45, 2.75) is 31.2 Å². The van der Waals surface area contributed by atoms with Crippen LogP contribution in [0.15, 0.2) is 29.2 Å². The summed E-state index contributed by atoms with van der Waals surface area (Å²) in [5.41, 5.74) is 8.26. The van der Waals surface area contributed by atoms with Crippen LogP contribution >= 0.6 is 11.3 Å². The lowest BCUT2D eigenvalue weighted by molar-refractivity contribution is 0.0796. The number of aromatic nitrogens is 2. The highest BCUT2D eigenvalue weighted by Gasteiger charge is 2.32. The summed E-state index contributed by atoms with van der Waals surface area (Å²) in [6.45, 7) is 4.30. The lowest BCUT2D eigenvalue weighted by Gasteiger charge is -2.17. The Hall–Kier alpha value is -2.63. The molecule has 3 heterocycles. The maximum atomic E-state index is 13.4. The fraction of sp³-hybridized carbons (Fsp3) is 0.316. The molecule has 0 saturated carbocycles. The molecule has 8 nitrogen and oxygen atoms in total. The van der Waals surface area contributed by atoms with Crippen molar-refractivity contribution in [2.24, 2.45) is 0 Å². The highest BCUT2D eigenvalue weighted by Crippen LogP contribution is 2.36. The second-order valence-electron chi connectivity index (χ2n) is 7.25. The van der Waals surface area contributed by atoms with Crippen molar-refractivity contribution in [3.05, 3.63) is 46.2 Å². The van der Waals surface area contributed by atoms with E-state index in [0.29, 0.717) is 28.4 Å². The average Bonchev–Trinajstić information content (AvgIpc) is 3.29. The molecule has 1 atom stereocenters. The number of likely N-dealkylation sites (tertiary alicyclic amines) is 1. The lowest BCUT2D eigenvalue weighted by atomic mass is 10.1. The third kappa shape index (κ3) is 3.64. The number of anilines is 1. The predicted octanol–water partition coefficient (Wildman–Crippen LogP) is 2.22. The zero-order chi connectivity index (χ0) is 21.6. The molecule has 3 N–H and O–H groups in total. The number of halogens is 1. The summed E-state index contributed by atoms with van der Waals surface area (Å²) in [4.78, 5) is 15.4. The Labute approximate surface area is 177 Å². The number of carbonyl (C=O) groups excluding carboxylic acids is 1. The van der Waals surface area contributed by atoms with Gasteiger partial charge in [0.1, 0.15) is 15.5 Å². The largest absolute Gasteiger partial charge is 0.397 e. The quantitative estimate of drug-likeness (QED) is 0.631. The summed E-state index contributed by atoms with van der Waals surface area (Å²) in [6, 6.07) is 4.33. The molecule has 4 rings (SSSR count). The van der Waals surface area contributed by atoms with Crippen LogP contribution in [0.5, 0.6) is 0 Å². The van der Waals surface area contributed by atoms with Crippen LogP contribution in [0.25, 0.3) is 10.2 Å². The molecule has 1 saturated heterocycles. The summed E-state index contributed by atoms with van der Waals surface area (Å²) in [5, 5.41) is 8.95. The van der Waals surface area contributed by atoms with E-state index in [1.807, 2.05) is 13.8 Å². The van der Waals surface area contributed by atoms with E-state index in [1.165, 1.54) is 29.5 Å². The summed E-state index contributed by atoms with van der Waals surface area (Å²) < 4.78 is 41.0. The monoisotopic (exact) mass is 449 g/mol. The van der Waals surface area contributed by atoms with E-state index in [1.54, 1.807) is 4.90 Å². The van der Waals surface area contributed by atoms with Gasteiger partial charge in [0.15, 0.2) is 0 Å². The van der Waals surface area contributed by atoms with Gasteiger partial charge in [0.25, 0.3) is 5.91 Å². The molecule has 2 aromatic heterocycles. The number of nitrogen functional groups attached to an aromatic ring is 1. The van der Waals surface area contributed by atoms with E-state index in [0.717, 1.165) is 22.7 Å². The smallest absolute Gasteiger partial charge is 0.266 e. The number of nitrogens with two attached hydrogens (primary N) is 1. The third-order valence-electron chi connectivity index (χ3n) is 5.23. The van der Waals surface area contributed by atoms with Gasteiger partial charge in [-0.2, -0.15) is 5.10 Å². The van der Waals surface area contributed by atoms with Crippen molar-refractivity contribution in [2.75, 3.05) is 18.8 Å². The van der Waals surface area contributed by atoms with Gasteiger partial charge in [0.2, 0.25) is 10.0 Å². The van der Waals surface area contributed by atoms with Gasteiger partial charge in [-0.05, 0) is 44.0 Å². The van der Waals surface area contributed by atoms with E-state index >= 15 is 0 Å². The Bertz CT molecular complexity index is 1260. The number of nitrogens with one attached hydrogen (secondary N) is 1. The van der Waals surface area contributed by atoms with Gasteiger partial charge < -0.3 is 10.6 Å². The Morgan fingerprint density at radius 2 is 2.10 bits per heavy atom. The van der Waals surface area contributed by atoms with Crippen LogP contribution in [-0.4, -0.2) is 48.6 Å². The number of nitrogens with zero attached hydrogens (tertiary/aromatic N) is 3. The SMILES string of the molecule is Cc1nnc2sc(C(=O)N3CCC(NS(=O)(=O)c4cccc(F)c4)C3)c(N)c2c1C. The summed E-state index contributed by atoms with van der Waals surface area (Å²) in [6.07, 6.45) is 0.447. The number of sulfonamides is 1. The molecule has 158 valence electrons. The Kier molecular flexibility index (Phi) is 5.20. The van der Waals surface area contributed by atoms with Crippen molar-refractivity contribution in [1.29, 1.82) is 0 Å². The normalized spacial score (nSPS) is 17.0. The molecular weight excluding hydrogens is 429 g/mol. The molecule has 1 aliphatic heterocycles. The molecule has 0 aliphatic carbocycles. The van der Waals surface area contributed by atoms with E-state index in [4.69, 9.17) is 5.73 Å². The molecule has 11 heteroatoms. The van der Waals surface area contributed by atoms with Gasteiger partial charge in [-0.3, -0.25) is 4.79 Å². The maximum Gasteiger partial charge on any atom is 0.266 e. The third-order valence-corrected chi connectivity index (χ3v) is 7.83. The van der Waals surface area contributed by atoms with Gasteiger partial charge in [0, 0.05) is 24.5 Å². The first-order chi connectivity index (χ1) is 14.2. The van der Waals surface area contributed by atoms with Crippen molar-refractivity contribution in [3.63, 3.8) is 0 Å². The molecule has 0 bridgehead atoms. The number of rotatable bonds is 4. The van der Waals surface area contributed by atoms with Crippen LogP contribution < -0.4 is 10.5 Å². The van der Waals surface area contributed by atoms with E-state index in [2.05, 4.69) is 14.9 Å².